The fraction of sp³-hybridized carbons (Fsp3) is 0.444. The molecule has 1 aliphatic heterocycles. The van der Waals surface area contributed by atoms with E-state index in [0.29, 0.717) is 13.2 Å². The lowest BCUT2D eigenvalue weighted by atomic mass is 10.1. The summed E-state index contributed by atoms with van der Waals surface area (Å²) in [6, 6.07) is 10.4. The Morgan fingerprint density at radius 1 is 1.35 bits per heavy atom. The minimum absolute atomic E-state index is 0.0155. The van der Waals surface area contributed by atoms with Crippen LogP contribution in [0.1, 0.15) is 29.8 Å². The number of aryl methyl sites for hydroxylation is 2. The standard InChI is InChI=1S/C18H23N3O2/c1-13-12-14(2)21(20-13)16-7-5-15(6-8-16)9-10-19-18(22)17-4-3-11-23-17/h5-8,12,17H,3-4,9-11H2,1-2H3,(H,19,22)/t17-/m0/s1. The summed E-state index contributed by atoms with van der Waals surface area (Å²) in [5.41, 5.74) is 4.40. The van der Waals surface area contributed by atoms with Crippen LogP contribution >= 0.6 is 0 Å². The van der Waals surface area contributed by atoms with Crippen LogP contribution in [0.25, 0.3) is 5.69 Å². The van der Waals surface area contributed by atoms with Gasteiger partial charge in [0.25, 0.3) is 0 Å². The van der Waals surface area contributed by atoms with Crippen LogP contribution in [0.3, 0.4) is 0 Å². The molecular formula is C18H23N3O2. The molecule has 3 rings (SSSR count). The van der Waals surface area contributed by atoms with E-state index >= 15 is 0 Å². The molecule has 23 heavy (non-hydrogen) atoms. The number of aromatic nitrogens is 2. The first kappa shape index (κ1) is 15.7. The van der Waals surface area contributed by atoms with Crippen molar-refractivity contribution in [3.8, 4) is 5.69 Å². The first-order valence-electron chi connectivity index (χ1n) is 8.15. The van der Waals surface area contributed by atoms with E-state index in [1.165, 1.54) is 5.56 Å². The molecule has 0 spiro atoms. The molecule has 0 aliphatic carbocycles. The number of amides is 1. The Hall–Kier alpha value is -2.14. The van der Waals surface area contributed by atoms with Crippen LogP contribution in [0.15, 0.2) is 30.3 Å². The molecular weight excluding hydrogens is 290 g/mol. The molecule has 1 atom stereocenters. The lowest BCUT2D eigenvalue weighted by molar-refractivity contribution is -0.129. The maximum atomic E-state index is 11.9. The van der Waals surface area contributed by atoms with Crippen LogP contribution in [0, 0.1) is 13.8 Å². The van der Waals surface area contributed by atoms with Crippen molar-refractivity contribution < 1.29 is 9.53 Å². The zero-order chi connectivity index (χ0) is 16.2. The van der Waals surface area contributed by atoms with Crippen LogP contribution < -0.4 is 5.32 Å². The molecule has 122 valence electrons. The zero-order valence-electron chi connectivity index (χ0n) is 13.7. The van der Waals surface area contributed by atoms with Gasteiger partial charge in [-0.15, -0.1) is 0 Å². The van der Waals surface area contributed by atoms with Crippen LogP contribution in [0.4, 0.5) is 0 Å². The van der Waals surface area contributed by atoms with E-state index in [1.807, 2.05) is 11.6 Å². The van der Waals surface area contributed by atoms with Crippen molar-refractivity contribution in [2.24, 2.45) is 0 Å². The summed E-state index contributed by atoms with van der Waals surface area (Å²) >= 11 is 0. The number of ether oxygens (including phenoxy) is 1. The van der Waals surface area contributed by atoms with Crippen LogP contribution in [0.5, 0.6) is 0 Å². The second-order valence-corrected chi connectivity index (χ2v) is 6.05. The molecule has 0 unspecified atom stereocenters. The van der Waals surface area contributed by atoms with Crippen molar-refractivity contribution in [1.29, 1.82) is 0 Å². The van der Waals surface area contributed by atoms with Gasteiger partial charge in [0, 0.05) is 18.8 Å². The van der Waals surface area contributed by atoms with Gasteiger partial charge in [-0.2, -0.15) is 5.10 Å². The van der Waals surface area contributed by atoms with Gasteiger partial charge in [0.2, 0.25) is 5.91 Å². The fourth-order valence-electron chi connectivity index (χ4n) is 2.92. The number of carbonyl (C=O) groups excluding carboxylic acids is 1. The highest BCUT2D eigenvalue weighted by Gasteiger charge is 2.22. The minimum atomic E-state index is -0.247. The second kappa shape index (κ2) is 6.96. The first-order chi connectivity index (χ1) is 11.1. The van der Waals surface area contributed by atoms with E-state index in [0.717, 1.165) is 36.3 Å². The van der Waals surface area contributed by atoms with E-state index in [-0.39, 0.29) is 12.0 Å². The molecule has 1 amide bonds. The third-order valence-electron chi connectivity index (χ3n) is 4.13. The summed E-state index contributed by atoms with van der Waals surface area (Å²) in [6.45, 7) is 5.38. The average molecular weight is 313 g/mol. The largest absolute Gasteiger partial charge is 0.368 e. The van der Waals surface area contributed by atoms with Gasteiger partial charge < -0.3 is 10.1 Å². The van der Waals surface area contributed by atoms with Gasteiger partial charge >= 0.3 is 0 Å². The van der Waals surface area contributed by atoms with Crippen molar-refractivity contribution in [3.63, 3.8) is 0 Å². The summed E-state index contributed by atoms with van der Waals surface area (Å²) in [5.74, 6) is 0.0155. The Balaban J connectivity index is 1.53. The molecule has 2 aromatic rings. The predicted molar refractivity (Wildman–Crippen MR) is 88.7 cm³/mol. The lowest BCUT2D eigenvalue weighted by Crippen LogP contribution is -2.35. The number of rotatable bonds is 5. The monoisotopic (exact) mass is 313 g/mol. The van der Waals surface area contributed by atoms with Crippen molar-refractivity contribution in [2.75, 3.05) is 13.2 Å². The highest BCUT2D eigenvalue weighted by atomic mass is 16.5. The summed E-state index contributed by atoms with van der Waals surface area (Å²) < 4.78 is 7.32. The number of benzene rings is 1. The van der Waals surface area contributed by atoms with E-state index < -0.39 is 0 Å². The number of hydrogen-bond donors (Lipinski definition) is 1. The normalized spacial score (nSPS) is 17.4. The summed E-state index contributed by atoms with van der Waals surface area (Å²) in [5, 5.41) is 7.44. The third-order valence-corrected chi connectivity index (χ3v) is 4.13. The van der Waals surface area contributed by atoms with Gasteiger partial charge in [-0.25, -0.2) is 4.68 Å². The molecule has 0 bridgehead atoms. The van der Waals surface area contributed by atoms with Gasteiger partial charge in [0.05, 0.1) is 11.4 Å². The van der Waals surface area contributed by atoms with E-state index in [4.69, 9.17) is 4.74 Å². The van der Waals surface area contributed by atoms with Gasteiger partial charge in [-0.05, 0) is 56.9 Å². The minimum Gasteiger partial charge on any atom is -0.368 e. The molecule has 1 fully saturated rings. The van der Waals surface area contributed by atoms with Gasteiger partial charge in [-0.3, -0.25) is 4.79 Å². The van der Waals surface area contributed by atoms with Crippen LogP contribution in [-0.2, 0) is 16.0 Å². The summed E-state index contributed by atoms with van der Waals surface area (Å²) in [4.78, 5) is 11.9. The van der Waals surface area contributed by atoms with Gasteiger partial charge in [-0.1, -0.05) is 12.1 Å². The van der Waals surface area contributed by atoms with E-state index in [2.05, 4.69) is 47.7 Å². The molecule has 0 saturated carbocycles. The Morgan fingerprint density at radius 3 is 2.74 bits per heavy atom. The van der Waals surface area contributed by atoms with Gasteiger partial charge in [0.15, 0.2) is 0 Å². The zero-order valence-corrected chi connectivity index (χ0v) is 13.7. The van der Waals surface area contributed by atoms with Gasteiger partial charge in [0.1, 0.15) is 6.10 Å². The summed E-state index contributed by atoms with van der Waals surface area (Å²) in [6.07, 6.45) is 2.38. The number of carbonyl (C=O) groups is 1. The molecule has 1 N–H and O–H groups in total. The Kier molecular flexibility index (Phi) is 4.76. The predicted octanol–water partition coefficient (Wildman–Crippen LogP) is 2.33. The molecule has 1 saturated heterocycles. The maximum Gasteiger partial charge on any atom is 0.249 e. The number of nitrogens with zero attached hydrogens (tertiary/aromatic N) is 2. The maximum absolute atomic E-state index is 11.9. The van der Waals surface area contributed by atoms with Crippen molar-refractivity contribution in [1.82, 2.24) is 15.1 Å². The third kappa shape index (κ3) is 3.79. The number of nitrogens with one attached hydrogen (secondary N) is 1. The molecule has 0 radical (unpaired) electrons. The van der Waals surface area contributed by atoms with Crippen LogP contribution in [-0.4, -0.2) is 34.9 Å². The first-order valence-corrected chi connectivity index (χ1v) is 8.15. The SMILES string of the molecule is Cc1cc(C)n(-c2ccc(CCNC(=O)[C@@H]3CCCO3)cc2)n1. The van der Waals surface area contributed by atoms with Crippen molar-refractivity contribution in [2.45, 2.75) is 39.2 Å². The highest BCUT2D eigenvalue weighted by Crippen LogP contribution is 2.14. The quantitative estimate of drug-likeness (QED) is 0.922. The molecule has 1 aromatic carbocycles. The van der Waals surface area contributed by atoms with Crippen molar-refractivity contribution in [3.05, 3.63) is 47.3 Å². The second-order valence-electron chi connectivity index (χ2n) is 6.05. The molecule has 5 heteroatoms. The summed E-state index contributed by atoms with van der Waals surface area (Å²) in [7, 11) is 0. The van der Waals surface area contributed by atoms with Crippen molar-refractivity contribution >= 4 is 5.91 Å². The Bertz CT molecular complexity index is 670. The Morgan fingerprint density at radius 2 is 2.13 bits per heavy atom. The molecule has 2 heterocycles. The average Bonchev–Trinajstić information content (AvgIpc) is 3.18. The van der Waals surface area contributed by atoms with E-state index in [1.54, 1.807) is 0 Å². The van der Waals surface area contributed by atoms with E-state index in [9.17, 15) is 4.79 Å². The smallest absolute Gasteiger partial charge is 0.249 e. The Labute approximate surface area is 136 Å². The fourth-order valence-corrected chi connectivity index (χ4v) is 2.92. The molecule has 1 aliphatic rings. The molecule has 5 nitrogen and oxygen atoms in total. The highest BCUT2D eigenvalue weighted by molar-refractivity contribution is 5.80. The number of hydrogen-bond acceptors (Lipinski definition) is 3. The lowest BCUT2D eigenvalue weighted by Gasteiger charge is -2.10. The molecule has 1 aromatic heterocycles. The topological polar surface area (TPSA) is 56.2 Å². The van der Waals surface area contributed by atoms with Crippen LogP contribution in [0.2, 0.25) is 0 Å².